The molecular weight excluding hydrogens is 300 g/mol. The van der Waals surface area contributed by atoms with E-state index in [0.717, 1.165) is 0 Å². The number of morpholine rings is 1. The fourth-order valence-corrected chi connectivity index (χ4v) is 2.79. The van der Waals surface area contributed by atoms with Crippen molar-refractivity contribution in [1.29, 1.82) is 5.26 Å². The number of aromatic amines is 1. The van der Waals surface area contributed by atoms with Crippen molar-refractivity contribution in [2.45, 2.75) is 0 Å². The quantitative estimate of drug-likeness (QED) is 0.852. The van der Waals surface area contributed by atoms with Crippen LogP contribution in [0, 0.1) is 16.0 Å². The lowest BCUT2D eigenvalue weighted by Crippen LogP contribution is -2.39. The summed E-state index contributed by atoms with van der Waals surface area (Å²) in [6.07, 6.45) is 0. The molecule has 1 aromatic heterocycles. The average Bonchev–Trinajstić information content (AvgIpc) is 2.56. The molecule has 0 atom stereocenters. The maximum Gasteiger partial charge on any atom is 0.332 e. The highest BCUT2D eigenvalue weighted by atomic mass is 32.1. The Balaban J connectivity index is 2.19. The summed E-state index contributed by atoms with van der Waals surface area (Å²) < 4.78 is 6.87. The average molecular weight is 314 g/mol. The summed E-state index contributed by atoms with van der Waals surface area (Å²) in [5, 5.41) is 9.48. The minimum Gasteiger partial charge on any atom is -0.378 e. The molecule has 0 spiro atoms. The van der Waals surface area contributed by atoms with Crippen molar-refractivity contribution >= 4 is 18.0 Å². The molecule has 2 aromatic rings. The van der Waals surface area contributed by atoms with Gasteiger partial charge in [0.25, 0.3) is 0 Å². The molecule has 0 unspecified atom stereocenters. The van der Waals surface area contributed by atoms with Crippen LogP contribution < -0.4 is 10.6 Å². The second kappa shape index (κ2) is 6.13. The number of nitriles is 1. The fourth-order valence-electron chi connectivity index (χ4n) is 2.46. The summed E-state index contributed by atoms with van der Waals surface area (Å²) in [7, 11) is 0. The molecule has 112 valence electrons. The van der Waals surface area contributed by atoms with Crippen LogP contribution in [-0.4, -0.2) is 35.9 Å². The molecule has 0 amide bonds. The number of hydrogen-bond donors (Lipinski definition) is 1. The lowest BCUT2D eigenvalue weighted by Gasteiger charge is -2.29. The van der Waals surface area contributed by atoms with Gasteiger partial charge in [0.2, 0.25) is 0 Å². The van der Waals surface area contributed by atoms with Gasteiger partial charge in [-0.1, -0.05) is 30.4 Å². The molecule has 1 aliphatic heterocycles. The van der Waals surface area contributed by atoms with E-state index >= 15 is 0 Å². The van der Waals surface area contributed by atoms with Gasteiger partial charge in [-0.2, -0.15) is 5.26 Å². The van der Waals surface area contributed by atoms with Crippen molar-refractivity contribution in [3.05, 3.63) is 51.0 Å². The number of aromatic nitrogens is 2. The van der Waals surface area contributed by atoms with E-state index < -0.39 is 0 Å². The number of nitrogens with one attached hydrogen (secondary N) is 1. The topological polar surface area (TPSA) is 74.1 Å². The molecule has 22 heavy (non-hydrogen) atoms. The van der Waals surface area contributed by atoms with Crippen molar-refractivity contribution in [3.63, 3.8) is 0 Å². The Hall–Kier alpha value is -2.43. The zero-order valence-electron chi connectivity index (χ0n) is 11.8. The van der Waals surface area contributed by atoms with Gasteiger partial charge in [0.1, 0.15) is 22.1 Å². The van der Waals surface area contributed by atoms with E-state index in [-0.39, 0.29) is 10.3 Å². The molecule has 3 rings (SSSR count). The third-order valence-electron chi connectivity index (χ3n) is 3.54. The summed E-state index contributed by atoms with van der Waals surface area (Å²) in [5.74, 6) is 0.480. The van der Waals surface area contributed by atoms with Crippen LogP contribution in [0.5, 0.6) is 0 Å². The third kappa shape index (κ3) is 2.54. The Bertz CT molecular complexity index is 829. The molecule has 0 radical (unpaired) electrons. The largest absolute Gasteiger partial charge is 0.378 e. The van der Waals surface area contributed by atoms with Gasteiger partial charge in [0.15, 0.2) is 0 Å². The summed E-state index contributed by atoms with van der Waals surface area (Å²) in [5.41, 5.74) is 0.593. The Morgan fingerprint density at radius 2 is 1.91 bits per heavy atom. The molecule has 1 aliphatic rings. The predicted octanol–water partition coefficient (Wildman–Crippen LogP) is 1.60. The van der Waals surface area contributed by atoms with Gasteiger partial charge in [-0.25, -0.2) is 4.79 Å². The molecular formula is C15H14N4O2S. The molecule has 1 N–H and O–H groups in total. The first-order chi connectivity index (χ1) is 10.7. The molecule has 0 saturated carbocycles. The first-order valence-electron chi connectivity index (χ1n) is 6.90. The standard InChI is InChI=1S/C15H14N4O2S/c16-10-12-13(18-6-8-21-9-7-18)17-15(20)19(14(12)22)11-4-2-1-3-5-11/h1-5H,6-9H2,(H,17,20). The predicted molar refractivity (Wildman–Crippen MR) is 85.0 cm³/mol. The first-order valence-corrected chi connectivity index (χ1v) is 7.31. The third-order valence-corrected chi connectivity index (χ3v) is 3.92. The summed E-state index contributed by atoms with van der Waals surface area (Å²) in [6, 6.07) is 11.2. The smallest absolute Gasteiger partial charge is 0.332 e. The van der Waals surface area contributed by atoms with Crippen LogP contribution in [0.3, 0.4) is 0 Å². The van der Waals surface area contributed by atoms with Crippen molar-refractivity contribution in [3.8, 4) is 11.8 Å². The maximum atomic E-state index is 12.4. The summed E-state index contributed by atoms with van der Waals surface area (Å²) >= 11 is 5.38. The maximum absolute atomic E-state index is 12.4. The minimum atomic E-state index is -0.350. The highest BCUT2D eigenvalue weighted by Crippen LogP contribution is 2.19. The van der Waals surface area contributed by atoms with Crippen molar-refractivity contribution in [2.75, 3.05) is 31.2 Å². The van der Waals surface area contributed by atoms with E-state index in [4.69, 9.17) is 17.0 Å². The molecule has 6 nitrogen and oxygen atoms in total. The zero-order valence-corrected chi connectivity index (χ0v) is 12.6. The Morgan fingerprint density at radius 3 is 2.55 bits per heavy atom. The van der Waals surface area contributed by atoms with E-state index in [2.05, 4.69) is 11.1 Å². The van der Waals surface area contributed by atoms with E-state index in [1.165, 1.54) is 4.57 Å². The number of H-pyrrole nitrogens is 1. The highest BCUT2D eigenvalue weighted by molar-refractivity contribution is 7.71. The van der Waals surface area contributed by atoms with Crippen molar-refractivity contribution in [1.82, 2.24) is 9.55 Å². The van der Waals surface area contributed by atoms with Crippen LogP contribution in [0.4, 0.5) is 5.82 Å². The van der Waals surface area contributed by atoms with Gasteiger partial charge in [0, 0.05) is 13.1 Å². The number of anilines is 1. The molecule has 7 heteroatoms. The number of benzene rings is 1. The summed E-state index contributed by atoms with van der Waals surface area (Å²) in [6.45, 7) is 2.37. The second-order valence-electron chi connectivity index (χ2n) is 4.84. The Morgan fingerprint density at radius 1 is 1.23 bits per heavy atom. The molecule has 0 bridgehead atoms. The number of ether oxygens (including phenoxy) is 1. The number of hydrogen-bond acceptors (Lipinski definition) is 5. The van der Waals surface area contributed by atoms with Gasteiger partial charge in [-0.15, -0.1) is 0 Å². The molecule has 1 aromatic carbocycles. The van der Waals surface area contributed by atoms with E-state index in [0.29, 0.717) is 43.4 Å². The fraction of sp³-hybridized carbons (Fsp3) is 0.267. The monoisotopic (exact) mass is 314 g/mol. The summed E-state index contributed by atoms with van der Waals surface area (Å²) in [4.78, 5) is 17.2. The van der Waals surface area contributed by atoms with Gasteiger partial charge in [-0.05, 0) is 12.1 Å². The lowest BCUT2D eigenvalue weighted by molar-refractivity contribution is 0.122. The molecule has 2 heterocycles. The first kappa shape index (κ1) is 14.5. The molecule has 1 fully saturated rings. The van der Waals surface area contributed by atoms with E-state index in [1.807, 2.05) is 23.1 Å². The second-order valence-corrected chi connectivity index (χ2v) is 5.23. The number of para-hydroxylation sites is 1. The minimum absolute atomic E-state index is 0.221. The highest BCUT2D eigenvalue weighted by Gasteiger charge is 2.19. The van der Waals surface area contributed by atoms with Crippen LogP contribution in [0.15, 0.2) is 35.1 Å². The molecule has 0 aliphatic carbocycles. The normalized spacial score (nSPS) is 14.6. The van der Waals surface area contributed by atoms with Crippen LogP contribution in [0.1, 0.15) is 5.56 Å². The van der Waals surface area contributed by atoms with Gasteiger partial charge in [-0.3, -0.25) is 9.55 Å². The molecule has 1 saturated heterocycles. The van der Waals surface area contributed by atoms with Crippen molar-refractivity contribution < 1.29 is 4.74 Å². The Kier molecular flexibility index (Phi) is 4.04. The number of nitrogens with zero attached hydrogens (tertiary/aromatic N) is 3. The zero-order chi connectivity index (χ0) is 15.5. The van der Waals surface area contributed by atoms with E-state index in [1.54, 1.807) is 12.1 Å². The van der Waals surface area contributed by atoms with Gasteiger partial charge < -0.3 is 9.64 Å². The number of rotatable bonds is 2. The van der Waals surface area contributed by atoms with Crippen molar-refractivity contribution in [2.24, 2.45) is 0 Å². The Labute approximate surface area is 132 Å². The van der Waals surface area contributed by atoms with Crippen LogP contribution in [0.25, 0.3) is 5.69 Å². The van der Waals surface area contributed by atoms with Gasteiger partial charge in [0.05, 0.1) is 18.9 Å². The van der Waals surface area contributed by atoms with Crippen LogP contribution in [-0.2, 0) is 4.74 Å². The lowest BCUT2D eigenvalue weighted by atomic mass is 10.2. The van der Waals surface area contributed by atoms with Crippen LogP contribution in [0.2, 0.25) is 0 Å². The SMILES string of the molecule is N#Cc1c(N2CCOCC2)[nH]c(=O)n(-c2ccccc2)c1=S. The van der Waals surface area contributed by atoms with Gasteiger partial charge >= 0.3 is 5.69 Å². The van der Waals surface area contributed by atoms with E-state index in [9.17, 15) is 10.1 Å². The van der Waals surface area contributed by atoms with Crippen LogP contribution >= 0.6 is 12.2 Å².